The third kappa shape index (κ3) is 6.75. The second-order valence-corrected chi connectivity index (χ2v) is 10.3. The van der Waals surface area contributed by atoms with E-state index in [1.165, 1.54) is 29.7 Å². The summed E-state index contributed by atoms with van der Waals surface area (Å²) in [5, 5.41) is 17.9. The second-order valence-electron chi connectivity index (χ2n) is 7.37. The Labute approximate surface area is 214 Å². The fourth-order valence-corrected chi connectivity index (χ4v) is 5.36. The van der Waals surface area contributed by atoms with Crippen LogP contribution in [0.2, 0.25) is 5.02 Å². The van der Waals surface area contributed by atoms with Gasteiger partial charge in [0.25, 0.3) is 0 Å². The van der Waals surface area contributed by atoms with Gasteiger partial charge in [-0.15, -0.1) is 0 Å². The molecule has 0 bridgehead atoms. The third-order valence-corrected chi connectivity index (χ3v) is 7.71. The maximum absolute atomic E-state index is 13.4. The van der Waals surface area contributed by atoms with E-state index in [0.29, 0.717) is 5.75 Å². The van der Waals surface area contributed by atoms with Gasteiger partial charge in [0, 0.05) is 24.8 Å². The maximum atomic E-state index is 13.4. The summed E-state index contributed by atoms with van der Waals surface area (Å²) in [6, 6.07) is 21.6. The molecule has 1 unspecified atom stereocenters. The zero-order valence-electron chi connectivity index (χ0n) is 18.3. The number of sulfonamides is 1. The summed E-state index contributed by atoms with van der Waals surface area (Å²) in [6.07, 6.45) is -0.238. The summed E-state index contributed by atoms with van der Waals surface area (Å²) in [5.41, 5.74) is 2.50. The minimum atomic E-state index is -4.02. The van der Waals surface area contributed by atoms with Crippen molar-refractivity contribution in [3.8, 4) is 17.6 Å². The van der Waals surface area contributed by atoms with E-state index in [1.54, 1.807) is 18.2 Å². The van der Waals surface area contributed by atoms with E-state index in [1.807, 2.05) is 36.4 Å². The Hall–Kier alpha value is -3.07. The average Bonchev–Trinajstić information content (AvgIpc) is 2.87. The molecule has 0 heterocycles. The van der Waals surface area contributed by atoms with Crippen LogP contribution in [0.5, 0.6) is 11.5 Å². The van der Waals surface area contributed by atoms with Crippen LogP contribution in [0.25, 0.3) is 0 Å². The van der Waals surface area contributed by atoms with Gasteiger partial charge in [-0.25, -0.2) is 13.9 Å². The molecule has 1 atom stereocenters. The summed E-state index contributed by atoms with van der Waals surface area (Å²) in [6.45, 7) is -0.161. The van der Waals surface area contributed by atoms with Crippen LogP contribution in [-0.4, -0.2) is 36.9 Å². The van der Waals surface area contributed by atoms with E-state index in [2.05, 4.69) is 12.6 Å². The Morgan fingerprint density at radius 3 is 2.43 bits per heavy atom. The van der Waals surface area contributed by atoms with E-state index >= 15 is 0 Å². The zero-order valence-corrected chi connectivity index (χ0v) is 20.8. The number of thiol groups is 1. The minimum Gasteiger partial charge on any atom is -0.456 e. The molecule has 0 aliphatic heterocycles. The first-order valence-electron chi connectivity index (χ1n) is 10.4. The van der Waals surface area contributed by atoms with Crippen molar-refractivity contribution >= 4 is 40.2 Å². The molecule has 0 aliphatic carbocycles. The summed E-state index contributed by atoms with van der Waals surface area (Å²) in [7, 11) is -4.02. The first-order chi connectivity index (χ1) is 16.8. The number of rotatable bonds is 10. The zero-order chi connectivity index (χ0) is 25.4. The number of nitrogens with zero attached hydrogens (tertiary/aromatic N) is 2. The highest BCUT2D eigenvalue weighted by Crippen LogP contribution is 2.31. The number of carbonyl (C=O) groups is 1. The molecule has 0 fully saturated rings. The molecule has 11 heteroatoms. The SMILES string of the molecule is N#Cc1c(Cl)cccc1Oc1ccc(S(=O)(=O)N(CCC(=O)NO)CC(S)c2ccccc2)cc1. The molecule has 0 spiro atoms. The van der Waals surface area contributed by atoms with Crippen LogP contribution in [0.1, 0.15) is 22.8 Å². The first-order valence-corrected chi connectivity index (χ1v) is 12.7. The monoisotopic (exact) mass is 531 g/mol. The molecule has 182 valence electrons. The quantitative estimate of drug-likeness (QED) is 0.200. The molecule has 0 aromatic heterocycles. The number of benzene rings is 3. The van der Waals surface area contributed by atoms with E-state index in [-0.39, 0.29) is 40.7 Å². The molecule has 1 amide bonds. The molecule has 0 saturated carbocycles. The highest BCUT2D eigenvalue weighted by molar-refractivity contribution is 7.89. The number of carbonyl (C=O) groups excluding carboxylic acids is 1. The number of nitriles is 1. The van der Waals surface area contributed by atoms with Crippen molar-refractivity contribution in [2.24, 2.45) is 0 Å². The number of nitrogens with one attached hydrogen (secondary N) is 1. The predicted molar refractivity (Wildman–Crippen MR) is 134 cm³/mol. The topological polar surface area (TPSA) is 120 Å². The highest BCUT2D eigenvalue weighted by atomic mass is 35.5. The van der Waals surface area contributed by atoms with Crippen molar-refractivity contribution in [3.63, 3.8) is 0 Å². The molecule has 8 nitrogen and oxygen atoms in total. The molecule has 3 aromatic rings. The molecule has 0 saturated heterocycles. The Kier molecular flexibility index (Phi) is 9.14. The van der Waals surface area contributed by atoms with Gasteiger partial charge in [-0.2, -0.15) is 22.2 Å². The fourth-order valence-electron chi connectivity index (χ4n) is 3.22. The van der Waals surface area contributed by atoms with Crippen LogP contribution in [-0.2, 0) is 14.8 Å². The smallest absolute Gasteiger partial charge is 0.244 e. The Bertz CT molecular complexity index is 1310. The number of amides is 1. The third-order valence-electron chi connectivity index (χ3n) is 5.05. The van der Waals surface area contributed by atoms with Crippen LogP contribution >= 0.6 is 24.2 Å². The lowest BCUT2D eigenvalue weighted by Gasteiger charge is -2.25. The molecule has 0 radical (unpaired) electrons. The molecule has 3 aromatic carbocycles. The van der Waals surface area contributed by atoms with Crippen LogP contribution in [0, 0.1) is 11.3 Å². The number of halogens is 1. The summed E-state index contributed by atoms with van der Waals surface area (Å²) in [4.78, 5) is 11.6. The Morgan fingerprint density at radius 2 is 1.80 bits per heavy atom. The van der Waals surface area contributed by atoms with E-state index in [4.69, 9.17) is 21.5 Å². The lowest BCUT2D eigenvalue weighted by Crippen LogP contribution is -2.36. The van der Waals surface area contributed by atoms with E-state index in [9.17, 15) is 18.5 Å². The summed E-state index contributed by atoms with van der Waals surface area (Å²) in [5.74, 6) is -0.155. The second kappa shape index (κ2) is 12.1. The normalized spacial score (nSPS) is 12.1. The fraction of sp³-hybridized carbons (Fsp3) is 0.167. The van der Waals surface area contributed by atoms with Gasteiger partial charge in [0.1, 0.15) is 23.1 Å². The van der Waals surface area contributed by atoms with Crippen molar-refractivity contribution in [2.75, 3.05) is 13.1 Å². The molecule has 2 N–H and O–H groups in total. The van der Waals surface area contributed by atoms with Gasteiger partial charge in [-0.1, -0.05) is 48.0 Å². The number of hydroxylamine groups is 1. The van der Waals surface area contributed by atoms with Gasteiger partial charge in [0.05, 0.1) is 9.92 Å². The van der Waals surface area contributed by atoms with Gasteiger partial charge in [0.15, 0.2) is 0 Å². The van der Waals surface area contributed by atoms with E-state index < -0.39 is 21.2 Å². The molecular weight excluding hydrogens is 510 g/mol. The van der Waals surface area contributed by atoms with Gasteiger partial charge in [-0.3, -0.25) is 10.0 Å². The molecule has 3 rings (SSSR count). The molecule has 35 heavy (non-hydrogen) atoms. The standard InChI is InChI=1S/C24H22ClN3O5S2/c25-21-7-4-8-22(20(21)15-26)33-18-9-11-19(12-10-18)35(31,32)28(14-13-24(29)27-30)16-23(34)17-5-2-1-3-6-17/h1-12,23,30,34H,13-14,16H2,(H,27,29). The maximum Gasteiger partial charge on any atom is 0.244 e. The Balaban J connectivity index is 1.84. The number of hydrogen-bond donors (Lipinski definition) is 3. The summed E-state index contributed by atoms with van der Waals surface area (Å²) >= 11 is 10.6. The predicted octanol–water partition coefficient (Wildman–Crippen LogP) is 4.56. The van der Waals surface area contributed by atoms with Crippen molar-refractivity contribution in [2.45, 2.75) is 16.6 Å². The van der Waals surface area contributed by atoms with Crippen LogP contribution in [0.15, 0.2) is 77.7 Å². The number of hydrogen-bond acceptors (Lipinski definition) is 7. The van der Waals surface area contributed by atoms with E-state index in [0.717, 1.165) is 9.87 Å². The Morgan fingerprint density at radius 1 is 1.11 bits per heavy atom. The highest BCUT2D eigenvalue weighted by Gasteiger charge is 2.27. The van der Waals surface area contributed by atoms with Crippen LogP contribution < -0.4 is 10.2 Å². The van der Waals surface area contributed by atoms with Crippen molar-refractivity contribution in [1.29, 1.82) is 5.26 Å². The molecule has 0 aliphatic rings. The van der Waals surface area contributed by atoms with Crippen molar-refractivity contribution in [3.05, 3.63) is 88.9 Å². The lowest BCUT2D eigenvalue weighted by atomic mass is 10.1. The van der Waals surface area contributed by atoms with Gasteiger partial charge in [-0.05, 0) is 42.0 Å². The van der Waals surface area contributed by atoms with Crippen molar-refractivity contribution < 1.29 is 23.2 Å². The van der Waals surface area contributed by atoms with Gasteiger partial charge >= 0.3 is 0 Å². The largest absolute Gasteiger partial charge is 0.456 e. The lowest BCUT2D eigenvalue weighted by molar-refractivity contribution is -0.129. The van der Waals surface area contributed by atoms with Crippen LogP contribution in [0.3, 0.4) is 0 Å². The van der Waals surface area contributed by atoms with Crippen molar-refractivity contribution in [1.82, 2.24) is 9.79 Å². The summed E-state index contributed by atoms with van der Waals surface area (Å²) < 4.78 is 33.7. The van der Waals surface area contributed by atoms with Crippen LogP contribution in [0.4, 0.5) is 0 Å². The first kappa shape index (κ1) is 26.5. The average molecular weight is 532 g/mol. The number of ether oxygens (including phenoxy) is 1. The minimum absolute atomic E-state index is 0.000458. The molecular formula is C24H22ClN3O5S2. The van der Waals surface area contributed by atoms with Gasteiger partial charge in [0.2, 0.25) is 15.9 Å². The van der Waals surface area contributed by atoms with Gasteiger partial charge < -0.3 is 4.74 Å².